The van der Waals surface area contributed by atoms with E-state index in [9.17, 15) is 4.79 Å². The largest absolute Gasteiger partial charge is 0.497 e. The summed E-state index contributed by atoms with van der Waals surface area (Å²) in [5.74, 6) is 2.01. The Morgan fingerprint density at radius 1 is 0.969 bits per heavy atom. The van der Waals surface area contributed by atoms with Crippen LogP contribution in [0.15, 0.2) is 51.7 Å². The summed E-state index contributed by atoms with van der Waals surface area (Å²) in [7, 11) is 1.61. The Hall–Kier alpha value is -2.87. The summed E-state index contributed by atoms with van der Waals surface area (Å²) < 4.78 is 17.2. The summed E-state index contributed by atoms with van der Waals surface area (Å²) in [6.45, 7) is 8.06. The van der Waals surface area contributed by atoms with E-state index in [0.29, 0.717) is 34.6 Å². The number of aryl methyl sites for hydroxylation is 1. The smallest absolute Gasteiger partial charge is 0.200 e. The lowest BCUT2D eigenvalue weighted by atomic mass is 10.0. The van der Waals surface area contributed by atoms with Crippen LogP contribution in [0, 0.1) is 6.92 Å². The molecular formula is C25H30N2O5. The highest BCUT2D eigenvalue weighted by atomic mass is 16.5. The number of fused-ring (bicyclic) bond motifs is 1. The van der Waals surface area contributed by atoms with Gasteiger partial charge < -0.3 is 19.0 Å². The topological polar surface area (TPSA) is 75.4 Å². The summed E-state index contributed by atoms with van der Waals surface area (Å²) in [5, 5.41) is 9.58. The second kappa shape index (κ2) is 10.2. The van der Waals surface area contributed by atoms with Crippen molar-refractivity contribution in [2.24, 2.45) is 0 Å². The number of aliphatic hydroxyl groups excluding tert-OH is 1. The van der Waals surface area contributed by atoms with Crippen LogP contribution in [-0.4, -0.2) is 74.5 Å². The van der Waals surface area contributed by atoms with Crippen LogP contribution in [0.2, 0.25) is 0 Å². The third kappa shape index (κ3) is 4.96. The molecule has 1 aromatic heterocycles. The zero-order chi connectivity index (χ0) is 22.5. The maximum Gasteiger partial charge on any atom is 0.200 e. The van der Waals surface area contributed by atoms with E-state index in [4.69, 9.17) is 19.0 Å². The molecule has 0 amide bonds. The van der Waals surface area contributed by atoms with Crippen molar-refractivity contribution in [2.75, 3.05) is 59.6 Å². The zero-order valence-electron chi connectivity index (χ0n) is 18.7. The first kappa shape index (κ1) is 22.3. The molecule has 0 unspecified atom stereocenters. The minimum Gasteiger partial charge on any atom is -0.497 e. The first-order valence-corrected chi connectivity index (χ1v) is 11.0. The molecule has 0 bridgehead atoms. The van der Waals surface area contributed by atoms with Crippen molar-refractivity contribution >= 4 is 11.0 Å². The number of hydrogen-bond acceptors (Lipinski definition) is 7. The Morgan fingerprint density at radius 2 is 1.62 bits per heavy atom. The summed E-state index contributed by atoms with van der Waals surface area (Å²) >= 11 is 0. The number of rotatable bonds is 8. The first-order chi connectivity index (χ1) is 15.6. The van der Waals surface area contributed by atoms with E-state index >= 15 is 0 Å². The highest BCUT2D eigenvalue weighted by Crippen LogP contribution is 2.27. The molecule has 1 fully saturated rings. The van der Waals surface area contributed by atoms with Crippen molar-refractivity contribution in [2.45, 2.75) is 6.92 Å². The molecule has 0 atom stereocenters. The number of aliphatic hydroxyl groups is 1. The molecule has 170 valence electrons. The normalized spacial score (nSPS) is 15.2. The maximum atomic E-state index is 13.2. The summed E-state index contributed by atoms with van der Waals surface area (Å²) in [6.07, 6.45) is 0. The quantitative estimate of drug-likeness (QED) is 0.580. The lowest BCUT2D eigenvalue weighted by molar-refractivity contribution is 0.102. The maximum absolute atomic E-state index is 13.2. The monoisotopic (exact) mass is 438 g/mol. The highest BCUT2D eigenvalue weighted by Gasteiger charge is 2.17. The first-order valence-electron chi connectivity index (χ1n) is 11.0. The van der Waals surface area contributed by atoms with Crippen LogP contribution < -0.4 is 14.9 Å². The van der Waals surface area contributed by atoms with Crippen molar-refractivity contribution in [3.05, 3.63) is 58.4 Å². The van der Waals surface area contributed by atoms with E-state index in [1.165, 1.54) is 0 Å². The highest BCUT2D eigenvalue weighted by molar-refractivity contribution is 5.83. The van der Waals surface area contributed by atoms with Gasteiger partial charge in [0.1, 0.15) is 29.4 Å². The molecule has 0 radical (unpaired) electrons. The van der Waals surface area contributed by atoms with Crippen molar-refractivity contribution in [3.8, 4) is 22.6 Å². The van der Waals surface area contributed by atoms with E-state index in [0.717, 1.165) is 50.6 Å². The molecule has 7 nitrogen and oxygen atoms in total. The fourth-order valence-corrected chi connectivity index (χ4v) is 4.14. The van der Waals surface area contributed by atoms with E-state index in [2.05, 4.69) is 9.80 Å². The Balaban J connectivity index is 1.43. The molecule has 2 heterocycles. The molecule has 2 aromatic carbocycles. The van der Waals surface area contributed by atoms with Crippen LogP contribution in [0.3, 0.4) is 0 Å². The van der Waals surface area contributed by atoms with Gasteiger partial charge >= 0.3 is 0 Å². The van der Waals surface area contributed by atoms with Crippen molar-refractivity contribution in [1.82, 2.24) is 9.80 Å². The standard InChI is InChI=1S/C25H30N2O5/c1-18-24(19-3-5-20(30-2)6-4-19)25(29)22-8-7-21(17-23(22)32-18)31-16-14-27-11-9-26(10-12-27)13-15-28/h3-8,17,28H,9-16H2,1-2H3. The fourth-order valence-electron chi connectivity index (χ4n) is 4.14. The molecule has 32 heavy (non-hydrogen) atoms. The van der Waals surface area contributed by atoms with Crippen LogP contribution >= 0.6 is 0 Å². The van der Waals surface area contributed by atoms with Gasteiger partial charge in [0.2, 0.25) is 5.43 Å². The van der Waals surface area contributed by atoms with E-state index in [1.54, 1.807) is 19.2 Å². The third-order valence-electron chi connectivity index (χ3n) is 5.98. The lowest BCUT2D eigenvalue weighted by Gasteiger charge is -2.34. The molecule has 1 saturated heterocycles. The average Bonchev–Trinajstić information content (AvgIpc) is 2.81. The van der Waals surface area contributed by atoms with Gasteiger partial charge in [0.25, 0.3) is 0 Å². The SMILES string of the molecule is COc1ccc(-c2c(C)oc3cc(OCCN4CCN(CCO)CC4)ccc3c2=O)cc1. The number of nitrogens with zero attached hydrogens (tertiary/aromatic N) is 2. The molecule has 1 aliphatic heterocycles. The van der Waals surface area contributed by atoms with E-state index in [-0.39, 0.29) is 12.0 Å². The van der Waals surface area contributed by atoms with Gasteiger partial charge in [-0.3, -0.25) is 14.6 Å². The minimum atomic E-state index is -0.0544. The van der Waals surface area contributed by atoms with Crippen molar-refractivity contribution in [1.29, 1.82) is 0 Å². The van der Waals surface area contributed by atoms with Crippen LogP contribution in [0.5, 0.6) is 11.5 Å². The summed E-state index contributed by atoms with van der Waals surface area (Å²) in [5.41, 5.74) is 1.84. The molecule has 0 spiro atoms. The molecular weight excluding hydrogens is 408 g/mol. The second-order valence-electron chi connectivity index (χ2n) is 8.00. The predicted octanol–water partition coefficient (Wildman–Crippen LogP) is 2.77. The summed E-state index contributed by atoms with van der Waals surface area (Å²) in [4.78, 5) is 17.8. The van der Waals surface area contributed by atoms with Gasteiger partial charge in [-0.05, 0) is 36.8 Å². The second-order valence-corrected chi connectivity index (χ2v) is 8.00. The number of methoxy groups -OCH3 is 1. The van der Waals surface area contributed by atoms with Gasteiger partial charge in [0, 0.05) is 45.3 Å². The summed E-state index contributed by atoms with van der Waals surface area (Å²) in [6, 6.07) is 12.8. The van der Waals surface area contributed by atoms with Gasteiger partial charge in [-0.15, -0.1) is 0 Å². The molecule has 3 aromatic rings. The molecule has 7 heteroatoms. The Morgan fingerprint density at radius 3 is 2.28 bits per heavy atom. The zero-order valence-corrected chi connectivity index (χ0v) is 18.7. The number of β-amino-alcohol motifs (C(OH)–C–C–N with tert-alkyl or cyclic N) is 1. The van der Waals surface area contributed by atoms with Gasteiger partial charge in [-0.25, -0.2) is 0 Å². The molecule has 1 aliphatic rings. The van der Waals surface area contributed by atoms with Gasteiger partial charge in [0.05, 0.1) is 24.7 Å². The van der Waals surface area contributed by atoms with E-state index < -0.39 is 0 Å². The predicted molar refractivity (Wildman–Crippen MR) is 125 cm³/mol. The van der Waals surface area contributed by atoms with Crippen molar-refractivity contribution in [3.63, 3.8) is 0 Å². The third-order valence-corrected chi connectivity index (χ3v) is 5.98. The Labute approximate surface area is 187 Å². The molecule has 0 saturated carbocycles. The number of benzene rings is 2. The van der Waals surface area contributed by atoms with Gasteiger partial charge in [-0.1, -0.05) is 12.1 Å². The molecule has 1 N–H and O–H groups in total. The Kier molecular flexibility index (Phi) is 7.09. The van der Waals surface area contributed by atoms with Crippen molar-refractivity contribution < 1.29 is 19.0 Å². The Bertz CT molecular complexity index is 1100. The number of piperazine rings is 1. The van der Waals surface area contributed by atoms with E-state index in [1.807, 2.05) is 37.3 Å². The lowest BCUT2D eigenvalue weighted by Crippen LogP contribution is -2.48. The van der Waals surface area contributed by atoms with Crippen LogP contribution in [0.1, 0.15) is 5.76 Å². The minimum absolute atomic E-state index is 0.0544. The molecule has 4 rings (SSSR count). The molecule has 0 aliphatic carbocycles. The van der Waals surface area contributed by atoms with Gasteiger partial charge in [0.15, 0.2) is 0 Å². The van der Waals surface area contributed by atoms with Gasteiger partial charge in [-0.2, -0.15) is 0 Å². The fraction of sp³-hybridized carbons (Fsp3) is 0.400. The average molecular weight is 439 g/mol. The van der Waals surface area contributed by atoms with Crippen LogP contribution in [0.4, 0.5) is 0 Å². The van der Waals surface area contributed by atoms with Crippen LogP contribution in [0.25, 0.3) is 22.1 Å². The van der Waals surface area contributed by atoms with Crippen LogP contribution in [-0.2, 0) is 0 Å². The number of hydrogen-bond donors (Lipinski definition) is 1. The number of ether oxygens (including phenoxy) is 2.